The fourth-order valence-corrected chi connectivity index (χ4v) is 4.19. The van der Waals surface area contributed by atoms with Gasteiger partial charge in [0.15, 0.2) is 0 Å². The topological polar surface area (TPSA) is 94.3 Å². The lowest BCUT2D eigenvalue weighted by Crippen LogP contribution is -2.25. The third kappa shape index (κ3) is 4.26. The highest BCUT2D eigenvalue weighted by atomic mass is 16.1. The van der Waals surface area contributed by atoms with Gasteiger partial charge in [0, 0.05) is 35.3 Å². The average Bonchev–Trinajstić information content (AvgIpc) is 3.43. The summed E-state index contributed by atoms with van der Waals surface area (Å²) in [5.74, 6) is 0.533. The maximum absolute atomic E-state index is 13.0. The number of hydrogen-bond donors (Lipinski definition) is 1. The number of nitrogens with zero attached hydrogens (tertiary/aromatic N) is 6. The van der Waals surface area contributed by atoms with Crippen LogP contribution in [0.15, 0.2) is 47.4 Å². The summed E-state index contributed by atoms with van der Waals surface area (Å²) < 4.78 is 3.78. The van der Waals surface area contributed by atoms with Crippen molar-refractivity contribution in [1.29, 1.82) is 0 Å². The van der Waals surface area contributed by atoms with Crippen LogP contribution in [0.3, 0.4) is 0 Å². The number of aromatic nitrogens is 7. The summed E-state index contributed by atoms with van der Waals surface area (Å²) in [5, 5.41) is 14.4. The number of benzene rings is 1. The molecule has 4 aromatic rings. The van der Waals surface area contributed by atoms with Gasteiger partial charge in [-0.15, -0.1) is 10.2 Å². The Morgan fingerprint density at radius 1 is 1.00 bits per heavy atom. The van der Waals surface area contributed by atoms with Crippen molar-refractivity contribution in [2.75, 3.05) is 0 Å². The first-order valence-corrected chi connectivity index (χ1v) is 11.2. The van der Waals surface area contributed by atoms with Gasteiger partial charge in [0.05, 0.1) is 12.2 Å². The Hall–Kier alpha value is -3.55. The lowest BCUT2D eigenvalue weighted by atomic mass is 10.0. The molecule has 0 saturated heterocycles. The van der Waals surface area contributed by atoms with Gasteiger partial charge in [0.25, 0.3) is 0 Å². The molecule has 0 saturated carbocycles. The zero-order chi connectivity index (χ0) is 22.5. The van der Waals surface area contributed by atoms with Crippen LogP contribution in [0, 0.1) is 6.92 Å². The summed E-state index contributed by atoms with van der Waals surface area (Å²) in [7, 11) is 0. The predicted octanol–water partition coefficient (Wildman–Crippen LogP) is 4.00. The number of aromatic amines is 1. The van der Waals surface area contributed by atoms with Gasteiger partial charge in [-0.2, -0.15) is 5.21 Å². The van der Waals surface area contributed by atoms with Crippen LogP contribution in [0.25, 0.3) is 22.6 Å². The van der Waals surface area contributed by atoms with E-state index in [4.69, 9.17) is 4.98 Å². The van der Waals surface area contributed by atoms with Crippen LogP contribution in [0.5, 0.6) is 0 Å². The van der Waals surface area contributed by atoms with Gasteiger partial charge in [-0.05, 0) is 43.5 Å². The molecule has 32 heavy (non-hydrogen) atoms. The molecule has 0 spiro atoms. The second-order valence-electron chi connectivity index (χ2n) is 7.93. The van der Waals surface area contributed by atoms with E-state index in [2.05, 4.69) is 34.5 Å². The molecule has 0 aliphatic carbocycles. The smallest absolute Gasteiger partial charge is 0.297 e. The minimum atomic E-state index is 0.0584. The molecule has 8 nitrogen and oxygen atoms in total. The van der Waals surface area contributed by atoms with E-state index < -0.39 is 0 Å². The zero-order valence-electron chi connectivity index (χ0n) is 18.9. The second-order valence-corrected chi connectivity index (χ2v) is 7.93. The zero-order valence-corrected chi connectivity index (χ0v) is 18.9. The van der Waals surface area contributed by atoms with Gasteiger partial charge >= 0.3 is 5.69 Å². The van der Waals surface area contributed by atoms with E-state index in [0.717, 1.165) is 53.0 Å². The minimum absolute atomic E-state index is 0.0584. The number of imidazole rings is 1. The van der Waals surface area contributed by atoms with Gasteiger partial charge in [-0.3, -0.25) is 14.1 Å². The molecule has 8 heteroatoms. The molecule has 0 aliphatic heterocycles. The summed E-state index contributed by atoms with van der Waals surface area (Å²) in [6, 6.07) is 11.9. The van der Waals surface area contributed by atoms with E-state index >= 15 is 0 Å². The Balaban J connectivity index is 1.63. The molecular formula is C24H29N7O. The standard InChI is InChI=1S/C24H29N7O/c1-4-6-7-12-22-17(3)30(5-2)24(32)31(22)16-18-13-14-21(25-15-18)19-10-8-9-11-20(19)23-26-28-29-27-23/h8-11,13-15H,4-7,12,16H2,1-3H3,(H,26,27,28,29). The molecule has 4 rings (SSSR count). The van der Waals surface area contributed by atoms with Gasteiger partial charge in [0.1, 0.15) is 0 Å². The molecule has 3 aromatic heterocycles. The summed E-state index contributed by atoms with van der Waals surface area (Å²) in [5.41, 5.74) is 5.90. The van der Waals surface area contributed by atoms with Gasteiger partial charge in [0.2, 0.25) is 5.82 Å². The minimum Gasteiger partial charge on any atom is -0.297 e. The van der Waals surface area contributed by atoms with E-state index in [1.165, 1.54) is 6.42 Å². The first-order valence-electron chi connectivity index (χ1n) is 11.2. The Morgan fingerprint density at radius 2 is 1.81 bits per heavy atom. The van der Waals surface area contributed by atoms with E-state index in [9.17, 15) is 4.79 Å². The molecule has 0 unspecified atom stereocenters. The van der Waals surface area contributed by atoms with Crippen molar-refractivity contribution in [2.45, 2.75) is 59.5 Å². The second kappa shape index (κ2) is 9.72. The van der Waals surface area contributed by atoms with Crippen molar-refractivity contribution >= 4 is 0 Å². The van der Waals surface area contributed by atoms with E-state index in [-0.39, 0.29) is 5.69 Å². The number of rotatable bonds is 9. The number of tetrazole rings is 1. The van der Waals surface area contributed by atoms with Crippen molar-refractivity contribution < 1.29 is 0 Å². The molecule has 0 amide bonds. The number of unbranched alkanes of at least 4 members (excludes halogenated alkanes) is 2. The average molecular weight is 432 g/mol. The maximum atomic E-state index is 13.0. The van der Waals surface area contributed by atoms with E-state index in [0.29, 0.717) is 18.9 Å². The maximum Gasteiger partial charge on any atom is 0.328 e. The summed E-state index contributed by atoms with van der Waals surface area (Å²) in [6.45, 7) is 7.47. The van der Waals surface area contributed by atoms with Crippen molar-refractivity contribution in [3.63, 3.8) is 0 Å². The van der Waals surface area contributed by atoms with Crippen LogP contribution in [0.1, 0.15) is 50.1 Å². The van der Waals surface area contributed by atoms with Gasteiger partial charge < -0.3 is 0 Å². The fourth-order valence-electron chi connectivity index (χ4n) is 4.19. The normalized spacial score (nSPS) is 11.2. The van der Waals surface area contributed by atoms with Gasteiger partial charge in [-0.25, -0.2) is 4.79 Å². The Labute approximate surface area is 187 Å². The van der Waals surface area contributed by atoms with Crippen LogP contribution in [-0.4, -0.2) is 34.7 Å². The van der Waals surface area contributed by atoms with Crippen LogP contribution < -0.4 is 5.69 Å². The first-order chi connectivity index (χ1) is 15.6. The highest BCUT2D eigenvalue weighted by molar-refractivity contribution is 5.78. The lowest BCUT2D eigenvalue weighted by molar-refractivity contribution is 0.637. The quantitative estimate of drug-likeness (QED) is 0.404. The number of H-pyrrole nitrogens is 1. The highest BCUT2D eigenvalue weighted by Crippen LogP contribution is 2.28. The van der Waals surface area contributed by atoms with Crippen LogP contribution >= 0.6 is 0 Å². The lowest BCUT2D eigenvalue weighted by Gasteiger charge is -2.10. The fraction of sp³-hybridized carbons (Fsp3) is 0.375. The number of nitrogens with one attached hydrogen (secondary N) is 1. The molecule has 0 bridgehead atoms. The Kier molecular flexibility index (Phi) is 6.58. The molecule has 0 atom stereocenters. The highest BCUT2D eigenvalue weighted by Gasteiger charge is 2.16. The first kappa shape index (κ1) is 21.7. The van der Waals surface area contributed by atoms with Crippen LogP contribution in [-0.2, 0) is 19.5 Å². The van der Waals surface area contributed by atoms with Crippen molar-refractivity contribution in [3.05, 3.63) is 70.0 Å². The Bertz CT molecular complexity index is 1220. The van der Waals surface area contributed by atoms with Crippen LogP contribution in [0.2, 0.25) is 0 Å². The summed E-state index contributed by atoms with van der Waals surface area (Å²) >= 11 is 0. The van der Waals surface area contributed by atoms with Crippen molar-refractivity contribution in [3.8, 4) is 22.6 Å². The van der Waals surface area contributed by atoms with E-state index in [1.54, 1.807) is 0 Å². The third-order valence-electron chi connectivity index (χ3n) is 5.90. The van der Waals surface area contributed by atoms with Crippen molar-refractivity contribution in [2.24, 2.45) is 0 Å². The van der Waals surface area contributed by atoms with Gasteiger partial charge in [-0.1, -0.05) is 50.1 Å². The molecule has 0 fully saturated rings. The largest absolute Gasteiger partial charge is 0.328 e. The van der Waals surface area contributed by atoms with Crippen molar-refractivity contribution in [1.82, 2.24) is 34.7 Å². The summed E-state index contributed by atoms with van der Waals surface area (Å²) in [4.78, 5) is 17.7. The molecular weight excluding hydrogens is 402 g/mol. The molecule has 166 valence electrons. The molecule has 0 radical (unpaired) electrons. The molecule has 1 N–H and O–H groups in total. The Morgan fingerprint density at radius 3 is 2.47 bits per heavy atom. The van der Waals surface area contributed by atoms with E-state index in [1.807, 2.05) is 58.7 Å². The summed E-state index contributed by atoms with van der Waals surface area (Å²) in [6.07, 6.45) is 6.19. The molecule has 1 aromatic carbocycles. The number of hydrogen-bond acceptors (Lipinski definition) is 5. The SMILES string of the molecule is CCCCCc1c(C)n(CC)c(=O)n1Cc1ccc(-c2ccccc2-c2nn[nH]n2)nc1. The monoisotopic (exact) mass is 431 g/mol. The molecule has 0 aliphatic rings. The predicted molar refractivity (Wildman–Crippen MR) is 124 cm³/mol. The third-order valence-corrected chi connectivity index (χ3v) is 5.90. The molecule has 3 heterocycles. The number of pyridine rings is 1. The van der Waals surface area contributed by atoms with Crippen LogP contribution in [0.4, 0.5) is 0 Å².